The minimum absolute atomic E-state index is 0.119. The molecular weight excluding hydrogens is 324 g/mol. The van der Waals surface area contributed by atoms with Gasteiger partial charge in [-0.1, -0.05) is 0 Å². The lowest BCUT2D eigenvalue weighted by Crippen LogP contribution is -2.09. The van der Waals surface area contributed by atoms with Gasteiger partial charge in [0.1, 0.15) is 0 Å². The Kier molecular flexibility index (Phi) is 4.39. The third kappa shape index (κ3) is 3.16. The third-order valence-electron chi connectivity index (χ3n) is 3.10. The number of nitrogens with one attached hydrogen (secondary N) is 1. The molecule has 0 aliphatic carbocycles. The van der Waals surface area contributed by atoms with Gasteiger partial charge in [-0.05, 0) is 35.0 Å². The van der Waals surface area contributed by atoms with Crippen molar-refractivity contribution in [3.05, 3.63) is 50.2 Å². The minimum Gasteiger partial charge on any atom is -0.384 e. The standard InChI is InChI=1S/C13H15BrN4O2/c1-9-7-12(11(14)8-13(9)18(19)20)15-5-3-10-4-6-16-17(10)2/h4,6-8,15H,3,5H2,1-2H3. The molecule has 7 heteroatoms. The van der Waals surface area contributed by atoms with Crippen LogP contribution in [-0.4, -0.2) is 21.2 Å². The number of rotatable bonds is 5. The number of nitro groups is 1. The first-order valence-corrected chi connectivity index (χ1v) is 6.93. The lowest BCUT2D eigenvalue weighted by atomic mass is 10.2. The lowest BCUT2D eigenvalue weighted by molar-refractivity contribution is -0.385. The van der Waals surface area contributed by atoms with Crippen LogP contribution in [0, 0.1) is 17.0 Å². The van der Waals surface area contributed by atoms with Crippen molar-refractivity contribution in [2.75, 3.05) is 11.9 Å². The van der Waals surface area contributed by atoms with Gasteiger partial charge in [-0.3, -0.25) is 14.8 Å². The van der Waals surface area contributed by atoms with E-state index in [0.29, 0.717) is 10.0 Å². The number of nitro benzene ring substituents is 1. The second-order valence-corrected chi connectivity index (χ2v) is 5.35. The summed E-state index contributed by atoms with van der Waals surface area (Å²) in [5.74, 6) is 0. The van der Waals surface area contributed by atoms with E-state index in [9.17, 15) is 10.1 Å². The fourth-order valence-corrected chi connectivity index (χ4v) is 2.45. The zero-order chi connectivity index (χ0) is 14.7. The van der Waals surface area contributed by atoms with E-state index in [1.807, 2.05) is 17.8 Å². The second kappa shape index (κ2) is 6.04. The normalized spacial score (nSPS) is 10.6. The predicted octanol–water partition coefficient (Wildman–Crippen LogP) is 3.05. The quantitative estimate of drug-likeness (QED) is 0.671. The molecule has 106 valence electrons. The number of hydrogen-bond donors (Lipinski definition) is 1. The zero-order valence-electron chi connectivity index (χ0n) is 11.3. The van der Waals surface area contributed by atoms with Gasteiger partial charge < -0.3 is 5.32 Å². The van der Waals surface area contributed by atoms with E-state index < -0.39 is 0 Å². The molecule has 0 bridgehead atoms. The van der Waals surface area contributed by atoms with Gasteiger partial charge in [-0.2, -0.15) is 5.10 Å². The van der Waals surface area contributed by atoms with Gasteiger partial charge in [0.2, 0.25) is 0 Å². The lowest BCUT2D eigenvalue weighted by Gasteiger charge is -2.10. The molecule has 2 aromatic rings. The van der Waals surface area contributed by atoms with E-state index in [-0.39, 0.29) is 10.6 Å². The largest absolute Gasteiger partial charge is 0.384 e. The van der Waals surface area contributed by atoms with Crippen LogP contribution in [0.3, 0.4) is 0 Å². The molecule has 0 saturated heterocycles. The summed E-state index contributed by atoms with van der Waals surface area (Å²) in [6.45, 7) is 2.46. The third-order valence-corrected chi connectivity index (χ3v) is 3.76. The Hall–Kier alpha value is -1.89. The molecule has 1 aromatic carbocycles. The SMILES string of the molecule is Cc1cc(NCCc2ccnn2C)c(Br)cc1[N+](=O)[O-]. The van der Waals surface area contributed by atoms with Gasteiger partial charge in [0.25, 0.3) is 5.69 Å². The van der Waals surface area contributed by atoms with Crippen molar-refractivity contribution in [3.63, 3.8) is 0 Å². The molecule has 1 aromatic heterocycles. The maximum Gasteiger partial charge on any atom is 0.273 e. The summed E-state index contributed by atoms with van der Waals surface area (Å²) in [5, 5.41) is 18.2. The van der Waals surface area contributed by atoms with Gasteiger partial charge in [0.15, 0.2) is 0 Å². The maximum atomic E-state index is 10.8. The highest BCUT2D eigenvalue weighted by atomic mass is 79.9. The van der Waals surface area contributed by atoms with Crippen molar-refractivity contribution in [2.24, 2.45) is 7.05 Å². The Bertz CT molecular complexity index is 639. The summed E-state index contributed by atoms with van der Waals surface area (Å²) < 4.78 is 2.53. The van der Waals surface area contributed by atoms with Crippen molar-refractivity contribution >= 4 is 27.3 Å². The fourth-order valence-electron chi connectivity index (χ4n) is 1.97. The molecule has 0 radical (unpaired) electrons. The van der Waals surface area contributed by atoms with Gasteiger partial charge in [-0.25, -0.2) is 0 Å². The summed E-state index contributed by atoms with van der Waals surface area (Å²) in [5.41, 5.74) is 2.75. The summed E-state index contributed by atoms with van der Waals surface area (Å²) in [6.07, 6.45) is 2.60. The van der Waals surface area contributed by atoms with Crippen LogP contribution in [0.4, 0.5) is 11.4 Å². The molecule has 0 spiro atoms. The van der Waals surface area contributed by atoms with Crippen molar-refractivity contribution in [3.8, 4) is 0 Å². The predicted molar refractivity (Wildman–Crippen MR) is 80.9 cm³/mol. The Balaban J connectivity index is 2.05. The number of aryl methyl sites for hydroxylation is 2. The molecule has 0 fully saturated rings. The highest BCUT2D eigenvalue weighted by Crippen LogP contribution is 2.30. The minimum atomic E-state index is -0.375. The average molecular weight is 339 g/mol. The number of nitrogens with zero attached hydrogens (tertiary/aromatic N) is 3. The Morgan fingerprint density at radius 1 is 1.50 bits per heavy atom. The van der Waals surface area contributed by atoms with Crippen LogP contribution in [0.2, 0.25) is 0 Å². The molecule has 0 saturated carbocycles. The molecule has 0 aliphatic heterocycles. The topological polar surface area (TPSA) is 73.0 Å². The number of anilines is 1. The van der Waals surface area contributed by atoms with E-state index in [1.165, 1.54) is 6.07 Å². The van der Waals surface area contributed by atoms with Crippen LogP contribution >= 0.6 is 15.9 Å². The van der Waals surface area contributed by atoms with E-state index in [2.05, 4.69) is 26.3 Å². The molecule has 0 aliphatic rings. The first-order valence-electron chi connectivity index (χ1n) is 6.14. The monoisotopic (exact) mass is 338 g/mol. The van der Waals surface area contributed by atoms with Crippen molar-refractivity contribution in [1.29, 1.82) is 0 Å². The highest BCUT2D eigenvalue weighted by molar-refractivity contribution is 9.10. The van der Waals surface area contributed by atoms with E-state index in [1.54, 1.807) is 19.2 Å². The van der Waals surface area contributed by atoms with Crippen LogP contribution in [0.15, 0.2) is 28.9 Å². The van der Waals surface area contributed by atoms with Crippen LogP contribution in [0.1, 0.15) is 11.3 Å². The van der Waals surface area contributed by atoms with Crippen LogP contribution in [0.25, 0.3) is 0 Å². The number of aromatic nitrogens is 2. The molecule has 0 amide bonds. The second-order valence-electron chi connectivity index (χ2n) is 4.50. The average Bonchev–Trinajstić information content (AvgIpc) is 2.78. The van der Waals surface area contributed by atoms with Crippen molar-refractivity contribution in [1.82, 2.24) is 9.78 Å². The van der Waals surface area contributed by atoms with Crippen LogP contribution in [-0.2, 0) is 13.5 Å². The highest BCUT2D eigenvalue weighted by Gasteiger charge is 2.13. The Labute approximate surface area is 125 Å². The van der Waals surface area contributed by atoms with Crippen molar-refractivity contribution in [2.45, 2.75) is 13.3 Å². The summed E-state index contributed by atoms with van der Waals surface area (Å²) in [4.78, 5) is 10.5. The molecule has 0 atom stereocenters. The maximum absolute atomic E-state index is 10.8. The van der Waals surface area contributed by atoms with Gasteiger partial charge in [0.05, 0.1) is 4.92 Å². The number of benzene rings is 1. The molecule has 1 heterocycles. The smallest absolute Gasteiger partial charge is 0.273 e. The summed E-state index contributed by atoms with van der Waals surface area (Å²) >= 11 is 3.36. The molecule has 6 nitrogen and oxygen atoms in total. The first kappa shape index (κ1) is 14.5. The van der Waals surface area contributed by atoms with Crippen molar-refractivity contribution < 1.29 is 4.92 Å². The van der Waals surface area contributed by atoms with Gasteiger partial charge >= 0.3 is 0 Å². The van der Waals surface area contributed by atoms with Crippen LogP contribution < -0.4 is 5.32 Å². The Morgan fingerprint density at radius 3 is 2.85 bits per heavy atom. The summed E-state index contributed by atoms with van der Waals surface area (Å²) in [7, 11) is 1.90. The molecule has 1 N–H and O–H groups in total. The zero-order valence-corrected chi connectivity index (χ0v) is 12.8. The van der Waals surface area contributed by atoms with Gasteiger partial charge in [-0.15, -0.1) is 0 Å². The summed E-state index contributed by atoms with van der Waals surface area (Å²) in [6, 6.07) is 5.28. The van der Waals surface area contributed by atoms with Crippen LogP contribution in [0.5, 0.6) is 0 Å². The van der Waals surface area contributed by atoms with E-state index >= 15 is 0 Å². The van der Waals surface area contributed by atoms with Gasteiger partial charge in [0, 0.05) is 53.7 Å². The first-order chi connectivity index (χ1) is 9.49. The van der Waals surface area contributed by atoms with E-state index in [0.717, 1.165) is 24.3 Å². The number of halogens is 1. The molecule has 0 unspecified atom stereocenters. The molecule has 2 rings (SSSR count). The fraction of sp³-hybridized carbons (Fsp3) is 0.308. The molecule has 20 heavy (non-hydrogen) atoms. The van der Waals surface area contributed by atoms with E-state index in [4.69, 9.17) is 0 Å². The molecular formula is C13H15BrN4O2. The Morgan fingerprint density at radius 2 is 2.25 bits per heavy atom. The number of hydrogen-bond acceptors (Lipinski definition) is 4.